The molecule has 1 aliphatic carbocycles. The van der Waals surface area contributed by atoms with Crippen molar-refractivity contribution in [3.8, 4) is 0 Å². The molecule has 2 nitrogen and oxygen atoms in total. The van der Waals surface area contributed by atoms with Gasteiger partial charge in [-0.05, 0) is 42.9 Å². The van der Waals surface area contributed by atoms with Gasteiger partial charge in [0, 0.05) is 19.1 Å². The standard InChI is InChI=1S/C16H26N2/c1-13(2)11-18(16-7-8-16)12-15-5-3-14(4-6-15)9-10-17/h3-6,13,16H,7-12,17H2,1-2H3. The predicted molar refractivity (Wildman–Crippen MR) is 77.5 cm³/mol. The molecule has 0 unspecified atom stereocenters. The van der Waals surface area contributed by atoms with Crippen LogP contribution in [0.3, 0.4) is 0 Å². The summed E-state index contributed by atoms with van der Waals surface area (Å²) in [6.45, 7) is 7.67. The summed E-state index contributed by atoms with van der Waals surface area (Å²) >= 11 is 0. The zero-order chi connectivity index (χ0) is 13.0. The Balaban J connectivity index is 1.93. The highest BCUT2D eigenvalue weighted by atomic mass is 15.2. The van der Waals surface area contributed by atoms with E-state index in [0.717, 1.165) is 31.5 Å². The van der Waals surface area contributed by atoms with Gasteiger partial charge in [-0.2, -0.15) is 0 Å². The van der Waals surface area contributed by atoms with Gasteiger partial charge in [-0.1, -0.05) is 38.1 Å². The largest absolute Gasteiger partial charge is 0.330 e. The maximum Gasteiger partial charge on any atom is 0.0236 e. The fraction of sp³-hybridized carbons (Fsp3) is 0.625. The minimum Gasteiger partial charge on any atom is -0.330 e. The van der Waals surface area contributed by atoms with Gasteiger partial charge in [0.15, 0.2) is 0 Å². The van der Waals surface area contributed by atoms with Gasteiger partial charge in [-0.3, -0.25) is 4.90 Å². The molecule has 2 heteroatoms. The molecule has 18 heavy (non-hydrogen) atoms. The van der Waals surface area contributed by atoms with Gasteiger partial charge in [-0.25, -0.2) is 0 Å². The topological polar surface area (TPSA) is 29.3 Å². The lowest BCUT2D eigenvalue weighted by atomic mass is 10.1. The van der Waals surface area contributed by atoms with E-state index in [-0.39, 0.29) is 0 Å². The molecule has 0 heterocycles. The molecule has 2 rings (SSSR count). The molecule has 1 aromatic carbocycles. The van der Waals surface area contributed by atoms with Crippen molar-refractivity contribution in [3.05, 3.63) is 35.4 Å². The van der Waals surface area contributed by atoms with Crippen LogP contribution in [0.25, 0.3) is 0 Å². The summed E-state index contributed by atoms with van der Waals surface area (Å²) in [6.07, 6.45) is 3.76. The molecule has 100 valence electrons. The molecule has 0 atom stereocenters. The number of rotatable bonds is 7. The molecular weight excluding hydrogens is 220 g/mol. The average molecular weight is 246 g/mol. The SMILES string of the molecule is CC(C)CN(Cc1ccc(CCN)cc1)C1CC1. The van der Waals surface area contributed by atoms with Crippen molar-refractivity contribution >= 4 is 0 Å². The Kier molecular flexibility index (Phi) is 4.79. The first-order valence-electron chi connectivity index (χ1n) is 7.21. The van der Waals surface area contributed by atoms with Gasteiger partial charge in [0.2, 0.25) is 0 Å². The molecule has 2 N–H and O–H groups in total. The summed E-state index contributed by atoms with van der Waals surface area (Å²) < 4.78 is 0. The summed E-state index contributed by atoms with van der Waals surface area (Å²) in [7, 11) is 0. The molecule has 1 aromatic rings. The number of nitrogens with two attached hydrogens (primary N) is 1. The van der Waals surface area contributed by atoms with Crippen LogP contribution in [-0.4, -0.2) is 24.0 Å². The van der Waals surface area contributed by atoms with Gasteiger partial charge in [0.05, 0.1) is 0 Å². The average Bonchev–Trinajstić information content (AvgIpc) is 3.14. The van der Waals surface area contributed by atoms with Gasteiger partial charge in [0.1, 0.15) is 0 Å². The summed E-state index contributed by atoms with van der Waals surface area (Å²) in [5.41, 5.74) is 8.36. The Morgan fingerprint density at radius 3 is 2.28 bits per heavy atom. The van der Waals surface area contributed by atoms with E-state index in [1.807, 2.05) is 0 Å². The zero-order valence-electron chi connectivity index (χ0n) is 11.7. The van der Waals surface area contributed by atoms with Gasteiger partial charge >= 0.3 is 0 Å². The molecule has 0 aromatic heterocycles. The fourth-order valence-corrected chi connectivity index (χ4v) is 2.46. The maximum atomic E-state index is 5.57. The number of nitrogens with zero attached hydrogens (tertiary/aromatic N) is 1. The molecule has 0 radical (unpaired) electrons. The number of benzene rings is 1. The Bertz CT molecular complexity index is 352. The van der Waals surface area contributed by atoms with E-state index in [1.165, 1.54) is 30.5 Å². The van der Waals surface area contributed by atoms with Crippen LogP contribution in [0.1, 0.15) is 37.8 Å². The summed E-state index contributed by atoms with van der Waals surface area (Å²) in [6, 6.07) is 9.82. The van der Waals surface area contributed by atoms with E-state index >= 15 is 0 Å². The van der Waals surface area contributed by atoms with Crippen LogP contribution in [-0.2, 0) is 13.0 Å². The Labute approximate surface area is 111 Å². The zero-order valence-corrected chi connectivity index (χ0v) is 11.7. The third-order valence-corrected chi connectivity index (χ3v) is 3.50. The van der Waals surface area contributed by atoms with E-state index in [2.05, 4.69) is 43.0 Å². The van der Waals surface area contributed by atoms with E-state index in [0.29, 0.717) is 0 Å². The maximum absolute atomic E-state index is 5.57. The monoisotopic (exact) mass is 246 g/mol. The highest BCUT2D eigenvalue weighted by molar-refractivity contribution is 5.23. The molecule has 1 saturated carbocycles. The van der Waals surface area contributed by atoms with Crippen LogP contribution in [0.15, 0.2) is 24.3 Å². The van der Waals surface area contributed by atoms with Crippen LogP contribution in [0.2, 0.25) is 0 Å². The molecule has 0 amide bonds. The predicted octanol–water partition coefficient (Wildman–Crippen LogP) is 2.81. The number of hydrogen-bond donors (Lipinski definition) is 1. The highest BCUT2D eigenvalue weighted by Crippen LogP contribution is 2.29. The lowest BCUT2D eigenvalue weighted by Gasteiger charge is -2.24. The van der Waals surface area contributed by atoms with E-state index < -0.39 is 0 Å². The second-order valence-electron chi connectivity index (χ2n) is 5.91. The van der Waals surface area contributed by atoms with Crippen molar-refractivity contribution in [2.24, 2.45) is 11.7 Å². The van der Waals surface area contributed by atoms with Crippen LogP contribution in [0.4, 0.5) is 0 Å². The Morgan fingerprint density at radius 2 is 1.78 bits per heavy atom. The Morgan fingerprint density at radius 1 is 1.17 bits per heavy atom. The van der Waals surface area contributed by atoms with Crippen molar-refractivity contribution in [1.29, 1.82) is 0 Å². The Hall–Kier alpha value is -0.860. The van der Waals surface area contributed by atoms with Crippen LogP contribution >= 0.6 is 0 Å². The first-order valence-corrected chi connectivity index (χ1v) is 7.21. The number of hydrogen-bond acceptors (Lipinski definition) is 2. The minimum absolute atomic E-state index is 0.737. The summed E-state index contributed by atoms with van der Waals surface area (Å²) in [4.78, 5) is 2.64. The molecule has 0 saturated heterocycles. The second-order valence-corrected chi connectivity index (χ2v) is 5.91. The van der Waals surface area contributed by atoms with E-state index in [4.69, 9.17) is 5.73 Å². The molecule has 1 fully saturated rings. The molecular formula is C16H26N2. The van der Waals surface area contributed by atoms with E-state index in [9.17, 15) is 0 Å². The molecule has 1 aliphatic rings. The van der Waals surface area contributed by atoms with Crippen LogP contribution in [0, 0.1) is 5.92 Å². The molecule has 0 aliphatic heterocycles. The van der Waals surface area contributed by atoms with Crippen LogP contribution in [0.5, 0.6) is 0 Å². The first-order chi connectivity index (χ1) is 8.69. The fourth-order valence-electron chi connectivity index (χ4n) is 2.46. The lowest BCUT2D eigenvalue weighted by molar-refractivity contribution is 0.226. The van der Waals surface area contributed by atoms with Crippen molar-refractivity contribution in [3.63, 3.8) is 0 Å². The van der Waals surface area contributed by atoms with Crippen LogP contribution < -0.4 is 5.73 Å². The van der Waals surface area contributed by atoms with Gasteiger partial charge in [0.25, 0.3) is 0 Å². The first kappa shape index (κ1) is 13.6. The molecule has 0 bridgehead atoms. The van der Waals surface area contributed by atoms with E-state index in [1.54, 1.807) is 0 Å². The van der Waals surface area contributed by atoms with Crippen molar-refractivity contribution in [1.82, 2.24) is 4.90 Å². The smallest absolute Gasteiger partial charge is 0.0236 e. The third kappa shape index (κ3) is 4.11. The van der Waals surface area contributed by atoms with Gasteiger partial charge < -0.3 is 5.73 Å². The quantitative estimate of drug-likeness (QED) is 0.801. The van der Waals surface area contributed by atoms with Crippen molar-refractivity contribution in [2.45, 2.75) is 45.7 Å². The normalized spacial score (nSPS) is 15.6. The second kappa shape index (κ2) is 6.35. The van der Waals surface area contributed by atoms with Crippen molar-refractivity contribution in [2.75, 3.05) is 13.1 Å². The lowest BCUT2D eigenvalue weighted by Crippen LogP contribution is -2.29. The third-order valence-electron chi connectivity index (χ3n) is 3.50. The van der Waals surface area contributed by atoms with Crippen molar-refractivity contribution < 1.29 is 0 Å². The molecule has 0 spiro atoms. The summed E-state index contributed by atoms with van der Waals surface area (Å²) in [5, 5.41) is 0. The van der Waals surface area contributed by atoms with Gasteiger partial charge in [-0.15, -0.1) is 0 Å². The highest BCUT2D eigenvalue weighted by Gasteiger charge is 2.28. The summed E-state index contributed by atoms with van der Waals surface area (Å²) in [5.74, 6) is 0.752. The minimum atomic E-state index is 0.737.